The van der Waals surface area contributed by atoms with Gasteiger partial charge in [0.15, 0.2) is 0 Å². The molecular weight excluding hydrogens is 392 g/mol. The minimum atomic E-state index is -2.27. The van der Waals surface area contributed by atoms with Gasteiger partial charge in [0, 0.05) is 12.3 Å². The standard InChI is InChI=1S/C25H30O4Si/c1-17(26)16-20(18-12-8-7-9-13-18)22-23(29-30(5,6)25(2,3)4)19-14-10-11-15-21(19)28-24(22)27/h7-15,20H,16H2,1-6H3. The van der Waals surface area contributed by atoms with Crippen molar-refractivity contribution in [3.05, 3.63) is 76.1 Å². The molecule has 0 N–H and O–H groups in total. The van der Waals surface area contributed by atoms with Gasteiger partial charge in [-0.1, -0.05) is 63.2 Å². The average molecular weight is 423 g/mol. The van der Waals surface area contributed by atoms with Gasteiger partial charge < -0.3 is 8.84 Å². The molecular formula is C25H30O4Si. The highest BCUT2D eigenvalue weighted by atomic mass is 28.4. The normalized spacial score (nSPS) is 13.3. The number of hydrogen-bond donors (Lipinski definition) is 0. The second-order valence-electron chi connectivity index (χ2n) is 9.36. The van der Waals surface area contributed by atoms with Crippen molar-refractivity contribution in [2.24, 2.45) is 0 Å². The van der Waals surface area contributed by atoms with Gasteiger partial charge in [-0.25, -0.2) is 4.79 Å². The Morgan fingerprint density at radius 1 is 1.03 bits per heavy atom. The molecule has 0 spiro atoms. The molecule has 0 amide bonds. The molecule has 1 unspecified atom stereocenters. The van der Waals surface area contributed by atoms with E-state index in [1.807, 2.05) is 48.5 Å². The van der Waals surface area contributed by atoms with Crippen LogP contribution < -0.4 is 10.1 Å². The van der Waals surface area contributed by atoms with E-state index in [4.69, 9.17) is 8.84 Å². The molecule has 3 aromatic rings. The lowest BCUT2D eigenvalue weighted by atomic mass is 9.87. The highest BCUT2D eigenvalue weighted by Gasteiger charge is 2.41. The minimum absolute atomic E-state index is 0.00897. The fourth-order valence-corrected chi connectivity index (χ4v) is 4.35. The molecule has 5 heteroatoms. The number of ketones is 1. The largest absolute Gasteiger partial charge is 0.543 e. The van der Waals surface area contributed by atoms with Gasteiger partial charge in [0.2, 0.25) is 0 Å². The van der Waals surface area contributed by atoms with Crippen LogP contribution in [0.5, 0.6) is 5.75 Å². The van der Waals surface area contributed by atoms with Crippen LogP contribution in [0.25, 0.3) is 11.0 Å². The van der Waals surface area contributed by atoms with Crippen molar-refractivity contribution in [1.82, 2.24) is 0 Å². The summed E-state index contributed by atoms with van der Waals surface area (Å²) in [6.07, 6.45) is 0.209. The highest BCUT2D eigenvalue weighted by molar-refractivity contribution is 6.74. The Morgan fingerprint density at radius 3 is 2.23 bits per heavy atom. The molecule has 4 nitrogen and oxygen atoms in total. The maximum Gasteiger partial charge on any atom is 0.343 e. The van der Waals surface area contributed by atoms with Gasteiger partial charge in [0.25, 0.3) is 8.32 Å². The van der Waals surface area contributed by atoms with Crippen LogP contribution in [0.2, 0.25) is 18.1 Å². The summed E-state index contributed by atoms with van der Waals surface area (Å²) < 4.78 is 12.4. The molecule has 2 aromatic carbocycles. The van der Waals surface area contributed by atoms with E-state index in [2.05, 4.69) is 33.9 Å². The summed E-state index contributed by atoms with van der Waals surface area (Å²) in [7, 11) is -2.27. The van der Waals surface area contributed by atoms with E-state index in [9.17, 15) is 9.59 Å². The summed E-state index contributed by atoms with van der Waals surface area (Å²) in [6.45, 7) is 12.3. The molecule has 158 valence electrons. The van der Waals surface area contributed by atoms with Crippen molar-refractivity contribution in [3.8, 4) is 5.75 Å². The molecule has 0 aliphatic carbocycles. The molecule has 30 heavy (non-hydrogen) atoms. The summed E-state index contributed by atoms with van der Waals surface area (Å²) >= 11 is 0. The smallest absolute Gasteiger partial charge is 0.343 e. The van der Waals surface area contributed by atoms with Crippen molar-refractivity contribution in [1.29, 1.82) is 0 Å². The van der Waals surface area contributed by atoms with Gasteiger partial charge in [-0.15, -0.1) is 0 Å². The molecule has 0 bridgehead atoms. The molecule has 3 rings (SSSR count). The Hall–Kier alpha value is -2.66. The molecule has 0 aliphatic heterocycles. The number of Topliss-reactive ketones (excluding diaryl/α,β-unsaturated/α-hetero) is 1. The maximum atomic E-state index is 13.2. The summed E-state index contributed by atoms with van der Waals surface area (Å²) in [5, 5.41) is 0.714. The SMILES string of the molecule is CC(=O)CC(c1ccccc1)c1c(O[Si](C)(C)C(C)(C)C)c2ccccc2oc1=O. The van der Waals surface area contributed by atoms with E-state index < -0.39 is 19.9 Å². The topological polar surface area (TPSA) is 56.5 Å². The van der Waals surface area contributed by atoms with Gasteiger partial charge in [-0.2, -0.15) is 0 Å². The number of rotatable bonds is 6. The fraction of sp³-hybridized carbons (Fsp3) is 0.360. The van der Waals surface area contributed by atoms with Crippen LogP contribution >= 0.6 is 0 Å². The van der Waals surface area contributed by atoms with Crippen LogP contribution in [-0.2, 0) is 4.79 Å². The summed E-state index contributed by atoms with van der Waals surface area (Å²) in [4.78, 5) is 25.4. The van der Waals surface area contributed by atoms with Crippen LogP contribution in [-0.4, -0.2) is 14.1 Å². The second-order valence-corrected chi connectivity index (χ2v) is 14.1. The second kappa shape index (κ2) is 8.23. The predicted molar refractivity (Wildman–Crippen MR) is 124 cm³/mol. The first-order valence-electron chi connectivity index (χ1n) is 10.3. The van der Waals surface area contributed by atoms with E-state index >= 15 is 0 Å². The van der Waals surface area contributed by atoms with Crippen LogP contribution in [0.15, 0.2) is 63.8 Å². The lowest BCUT2D eigenvalue weighted by Gasteiger charge is -2.37. The molecule has 0 saturated carbocycles. The average Bonchev–Trinajstić information content (AvgIpc) is 2.66. The van der Waals surface area contributed by atoms with Gasteiger partial charge >= 0.3 is 5.63 Å². The first kappa shape index (κ1) is 22.0. The third kappa shape index (κ3) is 4.41. The zero-order chi connectivity index (χ0) is 22.1. The van der Waals surface area contributed by atoms with E-state index in [-0.39, 0.29) is 17.2 Å². The van der Waals surface area contributed by atoms with Crippen LogP contribution in [0, 0.1) is 0 Å². The van der Waals surface area contributed by atoms with Crippen molar-refractivity contribution in [2.75, 3.05) is 0 Å². The van der Waals surface area contributed by atoms with E-state index in [0.717, 1.165) is 10.9 Å². The van der Waals surface area contributed by atoms with Crippen molar-refractivity contribution in [3.63, 3.8) is 0 Å². The summed E-state index contributed by atoms with van der Waals surface area (Å²) in [5.41, 5.74) is 1.38. The highest BCUT2D eigenvalue weighted by Crippen LogP contribution is 2.43. The van der Waals surface area contributed by atoms with Gasteiger partial charge in [-0.3, -0.25) is 4.79 Å². The number of hydrogen-bond acceptors (Lipinski definition) is 4. The van der Waals surface area contributed by atoms with Gasteiger partial charge in [0.1, 0.15) is 17.1 Å². The van der Waals surface area contributed by atoms with Gasteiger partial charge in [-0.05, 0) is 42.8 Å². The van der Waals surface area contributed by atoms with Crippen LogP contribution in [0.3, 0.4) is 0 Å². The third-order valence-electron chi connectivity index (χ3n) is 6.00. The Bertz CT molecular complexity index is 1110. The number of carbonyl (C=O) groups excluding carboxylic acids is 1. The van der Waals surface area contributed by atoms with Crippen molar-refractivity contribution >= 4 is 25.1 Å². The van der Waals surface area contributed by atoms with E-state index in [1.54, 1.807) is 13.0 Å². The third-order valence-corrected chi connectivity index (χ3v) is 10.3. The van der Waals surface area contributed by atoms with Gasteiger partial charge in [0.05, 0.1) is 10.9 Å². The predicted octanol–water partition coefficient (Wildman–Crippen LogP) is 6.29. The maximum absolute atomic E-state index is 13.2. The molecule has 1 aromatic heterocycles. The first-order chi connectivity index (χ1) is 14.0. The van der Waals surface area contributed by atoms with Crippen molar-refractivity contribution in [2.45, 2.75) is 58.2 Å². The fourth-order valence-electron chi connectivity index (χ4n) is 3.31. The summed E-state index contributed by atoms with van der Waals surface area (Å²) in [5.74, 6) is 0.141. The molecule has 1 atom stereocenters. The van der Waals surface area contributed by atoms with E-state index in [0.29, 0.717) is 16.9 Å². The first-order valence-corrected chi connectivity index (χ1v) is 13.2. The molecule has 0 aliphatic rings. The number of carbonyl (C=O) groups is 1. The molecule has 0 saturated heterocycles. The zero-order valence-electron chi connectivity index (χ0n) is 18.6. The lowest BCUT2D eigenvalue weighted by Crippen LogP contribution is -2.44. The molecule has 0 radical (unpaired) electrons. The Kier molecular flexibility index (Phi) is 6.04. The Morgan fingerprint density at radius 2 is 1.63 bits per heavy atom. The molecule has 1 heterocycles. The quantitative estimate of drug-likeness (QED) is 0.346. The van der Waals surface area contributed by atoms with Crippen LogP contribution in [0.4, 0.5) is 0 Å². The minimum Gasteiger partial charge on any atom is -0.543 e. The Labute approximate surface area is 179 Å². The lowest BCUT2D eigenvalue weighted by molar-refractivity contribution is -0.117. The zero-order valence-corrected chi connectivity index (χ0v) is 19.6. The number of benzene rings is 2. The molecule has 0 fully saturated rings. The summed E-state index contributed by atoms with van der Waals surface area (Å²) in [6, 6.07) is 17.1. The monoisotopic (exact) mass is 422 g/mol. The van der Waals surface area contributed by atoms with Crippen LogP contribution in [0.1, 0.15) is 51.2 Å². The number of para-hydroxylation sites is 1. The van der Waals surface area contributed by atoms with Crippen molar-refractivity contribution < 1.29 is 13.6 Å². The number of fused-ring (bicyclic) bond motifs is 1. The Balaban J connectivity index is 2.33. The van der Waals surface area contributed by atoms with E-state index in [1.165, 1.54) is 0 Å².